The van der Waals surface area contributed by atoms with E-state index in [0.717, 1.165) is 18.2 Å². The van der Waals surface area contributed by atoms with Crippen molar-refractivity contribution in [2.45, 2.75) is 32.1 Å². The van der Waals surface area contributed by atoms with Gasteiger partial charge in [-0.2, -0.15) is 0 Å². The van der Waals surface area contributed by atoms with Gasteiger partial charge >= 0.3 is 0 Å². The number of nitrogens with zero attached hydrogens (tertiary/aromatic N) is 1. The topological polar surface area (TPSA) is 50.9 Å². The van der Waals surface area contributed by atoms with Crippen LogP contribution >= 0.6 is 0 Å². The lowest BCUT2D eigenvalue weighted by molar-refractivity contribution is 0.373. The molecule has 1 aliphatic carbocycles. The van der Waals surface area contributed by atoms with E-state index in [9.17, 15) is 0 Å². The molecule has 3 N–H and O–H groups in total. The Bertz CT molecular complexity index is 305. The molecule has 3 heteroatoms. The molecule has 0 radical (unpaired) electrons. The van der Waals surface area contributed by atoms with E-state index in [4.69, 9.17) is 5.73 Å². The van der Waals surface area contributed by atoms with Gasteiger partial charge in [-0.25, -0.2) is 4.98 Å². The second kappa shape index (κ2) is 5.01. The lowest BCUT2D eigenvalue weighted by Crippen LogP contribution is -2.17. The second-order valence-corrected chi connectivity index (χ2v) is 4.35. The summed E-state index contributed by atoms with van der Waals surface area (Å²) in [5.41, 5.74) is 6.71. The van der Waals surface area contributed by atoms with Gasteiger partial charge in [0.05, 0.1) is 0 Å². The Hall–Kier alpha value is -1.25. The van der Waals surface area contributed by atoms with Crippen LogP contribution in [0.15, 0.2) is 18.3 Å². The van der Waals surface area contributed by atoms with Gasteiger partial charge in [0, 0.05) is 24.5 Å². The molecule has 0 saturated heterocycles. The number of nitrogens with one attached hydrogen (secondary N) is 1. The smallest absolute Gasteiger partial charge is 0.125 e. The molecule has 1 aromatic rings. The zero-order valence-electron chi connectivity index (χ0n) is 9.08. The third kappa shape index (κ3) is 3.11. The van der Waals surface area contributed by atoms with E-state index in [-0.39, 0.29) is 0 Å². The molecule has 0 amide bonds. The molecule has 0 aliphatic heterocycles. The summed E-state index contributed by atoms with van der Waals surface area (Å²) in [4.78, 5) is 3.97. The first-order valence-corrected chi connectivity index (χ1v) is 5.80. The Morgan fingerprint density at radius 1 is 1.33 bits per heavy atom. The first kappa shape index (κ1) is 10.3. The zero-order valence-corrected chi connectivity index (χ0v) is 9.08. The predicted molar refractivity (Wildman–Crippen MR) is 63.7 cm³/mol. The lowest BCUT2D eigenvalue weighted by atomic mass is 9.89. The van der Waals surface area contributed by atoms with Crippen molar-refractivity contribution in [2.24, 2.45) is 5.92 Å². The fourth-order valence-electron chi connectivity index (χ4n) is 2.21. The molecule has 2 rings (SSSR count). The fraction of sp³-hybridized carbons (Fsp3) is 0.583. The number of hydrogen-bond acceptors (Lipinski definition) is 3. The van der Waals surface area contributed by atoms with Crippen molar-refractivity contribution in [1.29, 1.82) is 0 Å². The predicted octanol–water partition coefficient (Wildman–Crippen LogP) is 2.66. The molecule has 1 aromatic heterocycles. The summed E-state index contributed by atoms with van der Waals surface area (Å²) < 4.78 is 0. The number of aromatic nitrogens is 1. The number of hydrogen-bond donors (Lipinski definition) is 2. The van der Waals surface area contributed by atoms with Crippen LogP contribution in [0.4, 0.5) is 11.5 Å². The zero-order chi connectivity index (χ0) is 10.5. The third-order valence-corrected chi connectivity index (χ3v) is 3.10. The number of pyridine rings is 1. The normalized spacial score (nSPS) is 17.6. The van der Waals surface area contributed by atoms with Crippen LogP contribution in [0.5, 0.6) is 0 Å². The van der Waals surface area contributed by atoms with Gasteiger partial charge in [-0.05, 0) is 24.8 Å². The molecule has 1 heterocycles. The van der Waals surface area contributed by atoms with Gasteiger partial charge in [0.15, 0.2) is 0 Å². The standard InChI is InChI=1S/C12H19N3/c13-12-8-11(6-7-14-12)15-9-10-4-2-1-3-5-10/h6-8,10H,1-5,9H2,(H3,13,14,15). The van der Waals surface area contributed by atoms with E-state index in [0.29, 0.717) is 5.82 Å². The highest BCUT2D eigenvalue weighted by Crippen LogP contribution is 2.24. The molecule has 0 bridgehead atoms. The molecule has 1 aliphatic rings. The summed E-state index contributed by atoms with van der Waals surface area (Å²) in [6.45, 7) is 1.07. The minimum absolute atomic E-state index is 0.587. The highest BCUT2D eigenvalue weighted by molar-refractivity contribution is 5.49. The van der Waals surface area contributed by atoms with E-state index < -0.39 is 0 Å². The third-order valence-electron chi connectivity index (χ3n) is 3.10. The molecule has 1 saturated carbocycles. The summed E-state index contributed by atoms with van der Waals surface area (Å²) in [5.74, 6) is 1.43. The van der Waals surface area contributed by atoms with Crippen LogP contribution in [0.1, 0.15) is 32.1 Å². The van der Waals surface area contributed by atoms with Crippen LogP contribution in [0.3, 0.4) is 0 Å². The van der Waals surface area contributed by atoms with Gasteiger partial charge in [0.1, 0.15) is 5.82 Å². The maximum atomic E-state index is 5.62. The molecule has 0 spiro atoms. The minimum Gasteiger partial charge on any atom is -0.385 e. The first-order chi connectivity index (χ1) is 7.34. The Morgan fingerprint density at radius 2 is 2.13 bits per heavy atom. The quantitative estimate of drug-likeness (QED) is 0.797. The van der Waals surface area contributed by atoms with E-state index in [1.807, 2.05) is 12.1 Å². The van der Waals surface area contributed by atoms with E-state index >= 15 is 0 Å². The van der Waals surface area contributed by atoms with Gasteiger partial charge < -0.3 is 11.1 Å². The van der Waals surface area contributed by atoms with Crippen molar-refractivity contribution < 1.29 is 0 Å². The van der Waals surface area contributed by atoms with Crippen LogP contribution in [0.2, 0.25) is 0 Å². The molecule has 1 fully saturated rings. The van der Waals surface area contributed by atoms with Crippen LogP contribution in [-0.4, -0.2) is 11.5 Å². The van der Waals surface area contributed by atoms with Crippen LogP contribution in [-0.2, 0) is 0 Å². The van der Waals surface area contributed by atoms with Crippen LogP contribution in [0, 0.1) is 5.92 Å². The lowest BCUT2D eigenvalue weighted by Gasteiger charge is -2.22. The SMILES string of the molecule is Nc1cc(NCC2CCCCC2)ccn1. The molecular formula is C12H19N3. The molecule has 0 unspecified atom stereocenters. The van der Waals surface area contributed by atoms with Gasteiger partial charge in [-0.1, -0.05) is 19.3 Å². The summed E-state index contributed by atoms with van der Waals surface area (Å²) >= 11 is 0. The maximum Gasteiger partial charge on any atom is 0.125 e. The molecule has 82 valence electrons. The minimum atomic E-state index is 0.587. The van der Waals surface area contributed by atoms with E-state index in [2.05, 4.69) is 10.3 Å². The van der Waals surface area contributed by atoms with Crippen molar-refractivity contribution >= 4 is 11.5 Å². The van der Waals surface area contributed by atoms with Gasteiger partial charge in [0.2, 0.25) is 0 Å². The Morgan fingerprint density at radius 3 is 2.87 bits per heavy atom. The Kier molecular flexibility index (Phi) is 3.43. The summed E-state index contributed by atoms with van der Waals surface area (Å²) in [6.07, 6.45) is 8.69. The van der Waals surface area contributed by atoms with Crippen molar-refractivity contribution in [3.8, 4) is 0 Å². The van der Waals surface area contributed by atoms with Crippen molar-refractivity contribution in [2.75, 3.05) is 17.6 Å². The largest absolute Gasteiger partial charge is 0.385 e. The molecular weight excluding hydrogens is 186 g/mol. The number of rotatable bonds is 3. The average Bonchev–Trinajstić information content (AvgIpc) is 2.28. The number of nitrogen functional groups attached to an aromatic ring is 1. The Labute approximate surface area is 91.1 Å². The van der Waals surface area contributed by atoms with Gasteiger partial charge in [-0.15, -0.1) is 0 Å². The summed E-state index contributed by atoms with van der Waals surface area (Å²) in [6, 6.07) is 3.86. The van der Waals surface area contributed by atoms with E-state index in [1.165, 1.54) is 32.1 Å². The van der Waals surface area contributed by atoms with Gasteiger partial charge in [0.25, 0.3) is 0 Å². The van der Waals surface area contributed by atoms with Crippen molar-refractivity contribution in [3.63, 3.8) is 0 Å². The number of anilines is 2. The average molecular weight is 205 g/mol. The summed E-state index contributed by atoms with van der Waals surface area (Å²) in [7, 11) is 0. The molecule has 15 heavy (non-hydrogen) atoms. The van der Waals surface area contributed by atoms with Gasteiger partial charge in [-0.3, -0.25) is 0 Å². The first-order valence-electron chi connectivity index (χ1n) is 5.80. The summed E-state index contributed by atoms with van der Waals surface area (Å²) in [5, 5.41) is 3.44. The second-order valence-electron chi connectivity index (χ2n) is 4.35. The van der Waals surface area contributed by atoms with Crippen LogP contribution in [0.25, 0.3) is 0 Å². The monoisotopic (exact) mass is 205 g/mol. The van der Waals surface area contributed by atoms with Crippen molar-refractivity contribution in [3.05, 3.63) is 18.3 Å². The number of nitrogens with two attached hydrogens (primary N) is 1. The molecule has 3 nitrogen and oxygen atoms in total. The van der Waals surface area contributed by atoms with Crippen molar-refractivity contribution in [1.82, 2.24) is 4.98 Å². The van der Waals surface area contributed by atoms with Crippen LogP contribution < -0.4 is 11.1 Å². The maximum absolute atomic E-state index is 5.62. The Balaban J connectivity index is 1.81. The highest BCUT2D eigenvalue weighted by Gasteiger charge is 2.12. The molecule has 0 atom stereocenters. The van der Waals surface area contributed by atoms with E-state index in [1.54, 1.807) is 6.20 Å². The molecule has 0 aromatic carbocycles. The fourth-order valence-corrected chi connectivity index (χ4v) is 2.21. The highest BCUT2D eigenvalue weighted by atomic mass is 14.9.